The number of ketones is 1. The zero-order valence-corrected chi connectivity index (χ0v) is 14.0. The first-order valence-electron chi connectivity index (χ1n) is 7.13. The van der Waals surface area contributed by atoms with Crippen LogP contribution < -0.4 is 4.74 Å². The molecule has 1 aliphatic heterocycles. The number of halogens is 1. The number of benzene rings is 2. The molecular formula is C18H12BrNO4. The Kier molecular flexibility index (Phi) is 4.57. The average Bonchev–Trinajstić information content (AvgIpc) is 2.59. The van der Waals surface area contributed by atoms with Crippen LogP contribution in [0, 0.1) is 10.1 Å². The standard InChI is InChI=1S/C18H12BrNO4/c19-15-4-8-18-14(10-15)9-12(11-24-18)1-7-17(21)13-2-5-16(6-3-13)20(22)23/h1-10H,11H2. The number of nitro benzene ring substituents is 1. The van der Waals surface area contributed by atoms with Gasteiger partial charge in [-0.2, -0.15) is 0 Å². The third-order valence-corrected chi connectivity index (χ3v) is 4.01. The first-order valence-corrected chi connectivity index (χ1v) is 7.92. The molecule has 2 aromatic rings. The molecular weight excluding hydrogens is 374 g/mol. The second kappa shape index (κ2) is 6.80. The number of nitrogens with zero attached hydrogens (tertiary/aromatic N) is 1. The molecule has 0 aromatic heterocycles. The van der Waals surface area contributed by atoms with Gasteiger partial charge in [0, 0.05) is 27.7 Å². The first-order chi connectivity index (χ1) is 11.5. The zero-order chi connectivity index (χ0) is 17.1. The van der Waals surface area contributed by atoms with E-state index in [0.717, 1.165) is 21.4 Å². The summed E-state index contributed by atoms with van der Waals surface area (Å²) in [5, 5.41) is 10.6. The third kappa shape index (κ3) is 3.60. The Morgan fingerprint density at radius 3 is 2.67 bits per heavy atom. The molecule has 0 N–H and O–H groups in total. The molecule has 1 aliphatic rings. The van der Waals surface area contributed by atoms with E-state index in [0.29, 0.717) is 12.2 Å². The van der Waals surface area contributed by atoms with Crippen LogP contribution in [0.25, 0.3) is 6.08 Å². The van der Waals surface area contributed by atoms with Gasteiger partial charge >= 0.3 is 0 Å². The molecule has 0 spiro atoms. The van der Waals surface area contributed by atoms with Gasteiger partial charge in [0.2, 0.25) is 0 Å². The molecule has 120 valence electrons. The van der Waals surface area contributed by atoms with Gasteiger partial charge in [0.05, 0.1) is 4.92 Å². The van der Waals surface area contributed by atoms with Crippen molar-refractivity contribution in [2.24, 2.45) is 0 Å². The molecule has 3 rings (SSSR count). The predicted molar refractivity (Wildman–Crippen MR) is 94.2 cm³/mol. The fourth-order valence-electron chi connectivity index (χ4n) is 2.29. The molecule has 0 amide bonds. The number of fused-ring (bicyclic) bond motifs is 1. The molecule has 2 aromatic carbocycles. The van der Waals surface area contributed by atoms with Gasteiger partial charge in [-0.25, -0.2) is 0 Å². The summed E-state index contributed by atoms with van der Waals surface area (Å²) in [6.45, 7) is 0.388. The van der Waals surface area contributed by atoms with E-state index >= 15 is 0 Å². The van der Waals surface area contributed by atoms with Crippen LogP contribution >= 0.6 is 15.9 Å². The van der Waals surface area contributed by atoms with Crippen LogP contribution in [0.1, 0.15) is 15.9 Å². The Morgan fingerprint density at radius 2 is 1.96 bits per heavy atom. The number of nitro groups is 1. The minimum atomic E-state index is -0.496. The molecule has 6 heteroatoms. The number of carbonyl (C=O) groups excluding carboxylic acids is 1. The summed E-state index contributed by atoms with van der Waals surface area (Å²) in [6.07, 6.45) is 5.11. The van der Waals surface area contributed by atoms with Crippen molar-refractivity contribution in [3.8, 4) is 5.75 Å². The Bertz CT molecular complexity index is 869. The van der Waals surface area contributed by atoms with E-state index in [9.17, 15) is 14.9 Å². The summed E-state index contributed by atoms with van der Waals surface area (Å²) in [6, 6.07) is 11.3. The summed E-state index contributed by atoms with van der Waals surface area (Å²) >= 11 is 3.41. The third-order valence-electron chi connectivity index (χ3n) is 3.52. The lowest BCUT2D eigenvalue weighted by Crippen LogP contribution is -2.06. The monoisotopic (exact) mass is 385 g/mol. The minimum Gasteiger partial charge on any atom is -0.488 e. The Hall–Kier alpha value is -2.73. The van der Waals surface area contributed by atoms with Gasteiger partial charge in [-0.05, 0) is 48.1 Å². The Labute approximate surface area is 146 Å². The number of allylic oxidation sites excluding steroid dienone is 1. The van der Waals surface area contributed by atoms with Crippen molar-refractivity contribution < 1.29 is 14.5 Å². The smallest absolute Gasteiger partial charge is 0.269 e. The van der Waals surface area contributed by atoms with Crippen molar-refractivity contribution in [1.29, 1.82) is 0 Å². The number of non-ortho nitro benzene ring substituents is 1. The van der Waals surface area contributed by atoms with Gasteiger partial charge in [-0.3, -0.25) is 14.9 Å². The quantitative estimate of drug-likeness (QED) is 0.334. The fourth-order valence-corrected chi connectivity index (χ4v) is 2.67. The van der Waals surface area contributed by atoms with Gasteiger partial charge in [0.25, 0.3) is 5.69 Å². The van der Waals surface area contributed by atoms with Crippen LogP contribution in [0.3, 0.4) is 0 Å². The zero-order valence-electron chi connectivity index (χ0n) is 12.4. The molecule has 0 saturated carbocycles. The second-order valence-electron chi connectivity index (χ2n) is 5.19. The SMILES string of the molecule is O=C(C=CC1=Cc2cc(Br)ccc2OC1)c1ccc([N+](=O)[O-])cc1. The number of hydrogen-bond acceptors (Lipinski definition) is 4. The van der Waals surface area contributed by atoms with Gasteiger partial charge in [0.15, 0.2) is 5.78 Å². The van der Waals surface area contributed by atoms with Crippen LogP contribution in [0.5, 0.6) is 5.75 Å². The van der Waals surface area contributed by atoms with E-state index in [2.05, 4.69) is 15.9 Å². The van der Waals surface area contributed by atoms with Crippen LogP contribution in [0.15, 0.2) is 64.7 Å². The van der Waals surface area contributed by atoms with E-state index in [1.165, 1.54) is 30.3 Å². The highest BCUT2D eigenvalue weighted by Crippen LogP contribution is 2.29. The highest BCUT2D eigenvalue weighted by Gasteiger charge is 2.11. The van der Waals surface area contributed by atoms with E-state index < -0.39 is 4.92 Å². The average molecular weight is 386 g/mol. The normalized spacial score (nSPS) is 13.1. The molecule has 24 heavy (non-hydrogen) atoms. The summed E-state index contributed by atoms with van der Waals surface area (Å²) in [7, 11) is 0. The van der Waals surface area contributed by atoms with Crippen molar-refractivity contribution >= 4 is 33.5 Å². The number of ether oxygens (including phenoxy) is 1. The lowest BCUT2D eigenvalue weighted by molar-refractivity contribution is -0.384. The maximum absolute atomic E-state index is 12.1. The van der Waals surface area contributed by atoms with Crippen LogP contribution in [0.2, 0.25) is 0 Å². The highest BCUT2D eigenvalue weighted by atomic mass is 79.9. The fraction of sp³-hybridized carbons (Fsp3) is 0.0556. The summed E-state index contributed by atoms with van der Waals surface area (Å²) < 4.78 is 6.60. The van der Waals surface area contributed by atoms with Gasteiger partial charge in [0.1, 0.15) is 12.4 Å². The van der Waals surface area contributed by atoms with Crippen LogP contribution in [0.4, 0.5) is 5.69 Å². The molecule has 0 unspecified atom stereocenters. The van der Waals surface area contributed by atoms with E-state index in [-0.39, 0.29) is 11.5 Å². The van der Waals surface area contributed by atoms with Crippen molar-refractivity contribution in [3.05, 3.63) is 85.9 Å². The largest absolute Gasteiger partial charge is 0.488 e. The molecule has 0 radical (unpaired) electrons. The van der Waals surface area contributed by atoms with Crippen LogP contribution in [-0.4, -0.2) is 17.3 Å². The predicted octanol–water partition coefficient (Wildman–Crippen LogP) is 4.57. The lowest BCUT2D eigenvalue weighted by Gasteiger charge is -2.16. The van der Waals surface area contributed by atoms with Crippen molar-refractivity contribution in [3.63, 3.8) is 0 Å². The van der Waals surface area contributed by atoms with Crippen molar-refractivity contribution in [2.75, 3.05) is 6.61 Å². The molecule has 0 fully saturated rings. The summed E-state index contributed by atoms with van der Waals surface area (Å²) in [4.78, 5) is 22.3. The Balaban J connectivity index is 1.76. The number of rotatable bonds is 4. The summed E-state index contributed by atoms with van der Waals surface area (Å²) in [5.41, 5.74) is 2.17. The molecule has 0 saturated heterocycles. The van der Waals surface area contributed by atoms with Gasteiger partial charge < -0.3 is 4.74 Å². The molecule has 5 nitrogen and oxygen atoms in total. The molecule has 0 aliphatic carbocycles. The van der Waals surface area contributed by atoms with Gasteiger partial charge in [-0.1, -0.05) is 22.0 Å². The van der Waals surface area contributed by atoms with Crippen molar-refractivity contribution in [2.45, 2.75) is 0 Å². The maximum atomic E-state index is 12.1. The number of hydrogen-bond donors (Lipinski definition) is 0. The Morgan fingerprint density at radius 1 is 1.21 bits per heavy atom. The minimum absolute atomic E-state index is 0.0406. The summed E-state index contributed by atoms with van der Waals surface area (Å²) in [5.74, 6) is 0.586. The van der Waals surface area contributed by atoms with Crippen molar-refractivity contribution in [1.82, 2.24) is 0 Å². The molecule has 1 heterocycles. The van der Waals surface area contributed by atoms with E-state index in [4.69, 9.17) is 4.74 Å². The number of carbonyl (C=O) groups is 1. The second-order valence-corrected chi connectivity index (χ2v) is 6.11. The topological polar surface area (TPSA) is 69.4 Å². The van der Waals surface area contributed by atoms with Gasteiger partial charge in [-0.15, -0.1) is 0 Å². The maximum Gasteiger partial charge on any atom is 0.269 e. The molecule has 0 bridgehead atoms. The highest BCUT2D eigenvalue weighted by molar-refractivity contribution is 9.10. The van der Waals surface area contributed by atoms with Crippen LogP contribution in [-0.2, 0) is 0 Å². The molecule has 0 atom stereocenters. The lowest BCUT2D eigenvalue weighted by atomic mass is 10.1. The van der Waals surface area contributed by atoms with E-state index in [1.54, 1.807) is 6.08 Å². The van der Waals surface area contributed by atoms with E-state index in [1.807, 2.05) is 24.3 Å². The first kappa shape index (κ1) is 16.1.